The number of nitrogens with zero attached hydrogens (tertiary/aromatic N) is 1. The molecule has 0 bridgehead atoms. The topological polar surface area (TPSA) is 50.8 Å². The van der Waals surface area contributed by atoms with Gasteiger partial charge in [0.2, 0.25) is 5.91 Å². The fourth-order valence-corrected chi connectivity index (χ4v) is 2.49. The molecule has 0 saturated carbocycles. The molecule has 23 heavy (non-hydrogen) atoms. The third kappa shape index (κ3) is 5.18. The molecular formula is C17H25FN2O3. The van der Waals surface area contributed by atoms with Crippen LogP contribution in [0.4, 0.5) is 4.39 Å². The van der Waals surface area contributed by atoms with Crippen LogP contribution < -0.4 is 10.1 Å². The molecular weight excluding hydrogens is 299 g/mol. The average molecular weight is 324 g/mol. The van der Waals surface area contributed by atoms with E-state index in [1.807, 2.05) is 6.92 Å². The Hall–Kier alpha value is -1.66. The van der Waals surface area contributed by atoms with Crippen molar-refractivity contribution >= 4 is 5.91 Å². The number of rotatable bonds is 9. The molecule has 1 N–H and O–H groups in total. The maximum absolute atomic E-state index is 12.9. The molecule has 5 nitrogen and oxygen atoms in total. The van der Waals surface area contributed by atoms with Crippen molar-refractivity contribution in [2.24, 2.45) is 11.8 Å². The Morgan fingerprint density at radius 1 is 1.30 bits per heavy atom. The summed E-state index contributed by atoms with van der Waals surface area (Å²) >= 11 is 0. The average Bonchev–Trinajstić information content (AvgIpc) is 2.50. The van der Waals surface area contributed by atoms with Crippen molar-refractivity contribution in [1.29, 1.82) is 0 Å². The number of hydrogen-bond donors (Lipinski definition) is 1. The van der Waals surface area contributed by atoms with E-state index in [-0.39, 0.29) is 17.6 Å². The third-order valence-corrected chi connectivity index (χ3v) is 4.23. The first-order chi connectivity index (χ1) is 11.1. The van der Waals surface area contributed by atoms with Crippen molar-refractivity contribution in [3.8, 4) is 5.75 Å². The van der Waals surface area contributed by atoms with E-state index in [2.05, 4.69) is 5.32 Å². The second kappa shape index (κ2) is 8.84. The number of carbonyl (C=O) groups is 1. The normalized spacial score (nSPS) is 15.8. The molecule has 1 amide bonds. The number of halogens is 1. The van der Waals surface area contributed by atoms with Gasteiger partial charge in [-0.25, -0.2) is 4.39 Å². The fourth-order valence-electron chi connectivity index (χ4n) is 2.49. The molecule has 1 aromatic carbocycles. The zero-order chi connectivity index (χ0) is 16.7. The number of hydrogen-bond acceptors (Lipinski definition) is 4. The molecule has 1 atom stereocenters. The Bertz CT molecular complexity index is 491. The van der Waals surface area contributed by atoms with Gasteiger partial charge in [-0.15, -0.1) is 0 Å². The van der Waals surface area contributed by atoms with Gasteiger partial charge in [0.15, 0.2) is 0 Å². The summed E-state index contributed by atoms with van der Waals surface area (Å²) < 4.78 is 23.5. The molecule has 2 rings (SSSR count). The van der Waals surface area contributed by atoms with Gasteiger partial charge in [0, 0.05) is 19.6 Å². The first-order valence-electron chi connectivity index (χ1n) is 7.98. The molecule has 1 aliphatic heterocycles. The molecule has 1 aromatic rings. The highest BCUT2D eigenvalue weighted by atomic mass is 19.1. The highest BCUT2D eigenvalue weighted by Gasteiger charge is 2.31. The number of nitrogens with one attached hydrogen (secondary N) is 1. The minimum absolute atomic E-state index is 0.000993. The molecule has 0 spiro atoms. The highest BCUT2D eigenvalue weighted by molar-refractivity contribution is 5.79. The van der Waals surface area contributed by atoms with Crippen LogP contribution in [0.15, 0.2) is 24.3 Å². The quantitative estimate of drug-likeness (QED) is 0.748. The van der Waals surface area contributed by atoms with E-state index in [1.54, 1.807) is 24.1 Å². The van der Waals surface area contributed by atoms with Crippen molar-refractivity contribution in [3.05, 3.63) is 30.1 Å². The van der Waals surface area contributed by atoms with Crippen molar-refractivity contribution in [2.45, 2.75) is 6.92 Å². The molecule has 0 radical (unpaired) electrons. The standard InChI is InChI=1S/C17H25FN2O3/c1-13(14-11-19-12-14)17(21)20(7-9-22-2)8-10-23-16-5-3-15(18)4-6-16/h3-6,13-14,19H,7-12H2,1-2H3. The maximum atomic E-state index is 12.9. The van der Waals surface area contributed by atoms with Crippen molar-refractivity contribution in [2.75, 3.05) is 46.5 Å². The van der Waals surface area contributed by atoms with E-state index in [0.29, 0.717) is 38.0 Å². The Balaban J connectivity index is 1.84. The van der Waals surface area contributed by atoms with E-state index in [9.17, 15) is 9.18 Å². The van der Waals surface area contributed by atoms with Crippen LogP contribution >= 0.6 is 0 Å². The fraction of sp³-hybridized carbons (Fsp3) is 0.588. The highest BCUT2D eigenvalue weighted by Crippen LogP contribution is 2.18. The van der Waals surface area contributed by atoms with E-state index in [0.717, 1.165) is 13.1 Å². The van der Waals surface area contributed by atoms with E-state index >= 15 is 0 Å². The van der Waals surface area contributed by atoms with Gasteiger partial charge in [0.25, 0.3) is 0 Å². The zero-order valence-corrected chi connectivity index (χ0v) is 13.8. The SMILES string of the molecule is COCCN(CCOc1ccc(F)cc1)C(=O)C(C)C1CNC1. The van der Waals surface area contributed by atoms with Crippen molar-refractivity contribution < 1.29 is 18.7 Å². The minimum atomic E-state index is -0.294. The number of carbonyl (C=O) groups excluding carboxylic acids is 1. The predicted molar refractivity (Wildman–Crippen MR) is 85.9 cm³/mol. The van der Waals surface area contributed by atoms with E-state index in [4.69, 9.17) is 9.47 Å². The van der Waals surface area contributed by atoms with Gasteiger partial charge in [-0.2, -0.15) is 0 Å². The monoisotopic (exact) mass is 324 g/mol. The van der Waals surface area contributed by atoms with Crippen LogP contribution in [0, 0.1) is 17.7 Å². The Morgan fingerprint density at radius 3 is 2.52 bits per heavy atom. The Labute approximate surface area is 136 Å². The van der Waals surface area contributed by atoms with Crippen LogP contribution in [0.25, 0.3) is 0 Å². The van der Waals surface area contributed by atoms with Gasteiger partial charge in [0.1, 0.15) is 18.2 Å². The maximum Gasteiger partial charge on any atom is 0.225 e. The second-order valence-electron chi connectivity index (χ2n) is 5.83. The molecule has 128 valence electrons. The number of methoxy groups -OCH3 is 1. The van der Waals surface area contributed by atoms with Gasteiger partial charge < -0.3 is 19.7 Å². The lowest BCUT2D eigenvalue weighted by molar-refractivity contribution is -0.138. The Kier molecular flexibility index (Phi) is 6.80. The summed E-state index contributed by atoms with van der Waals surface area (Å²) in [5, 5.41) is 3.20. The Morgan fingerprint density at radius 2 is 1.96 bits per heavy atom. The molecule has 1 heterocycles. The van der Waals surface area contributed by atoms with Crippen LogP contribution in [0.5, 0.6) is 5.75 Å². The summed E-state index contributed by atoms with van der Waals surface area (Å²) in [6.07, 6.45) is 0. The largest absolute Gasteiger partial charge is 0.492 e. The molecule has 0 aromatic heterocycles. The zero-order valence-electron chi connectivity index (χ0n) is 13.8. The van der Waals surface area contributed by atoms with Crippen molar-refractivity contribution in [3.63, 3.8) is 0 Å². The number of amides is 1. The first kappa shape index (κ1) is 17.7. The van der Waals surface area contributed by atoms with Crippen LogP contribution in [-0.4, -0.2) is 57.3 Å². The molecule has 1 fully saturated rings. The minimum Gasteiger partial charge on any atom is -0.492 e. The van der Waals surface area contributed by atoms with Crippen molar-refractivity contribution in [1.82, 2.24) is 10.2 Å². The molecule has 0 aliphatic carbocycles. The predicted octanol–water partition coefficient (Wildman–Crippen LogP) is 1.54. The van der Waals surface area contributed by atoms with Crippen LogP contribution in [0.1, 0.15) is 6.92 Å². The number of benzene rings is 1. The van der Waals surface area contributed by atoms with Crippen LogP contribution in [0.3, 0.4) is 0 Å². The van der Waals surface area contributed by atoms with E-state index in [1.165, 1.54) is 12.1 Å². The van der Waals surface area contributed by atoms with E-state index < -0.39 is 0 Å². The molecule has 1 saturated heterocycles. The summed E-state index contributed by atoms with van der Waals surface area (Å²) in [6, 6.07) is 5.88. The third-order valence-electron chi connectivity index (χ3n) is 4.23. The summed E-state index contributed by atoms with van der Waals surface area (Å²) in [4.78, 5) is 14.4. The van der Waals surface area contributed by atoms with Crippen LogP contribution in [-0.2, 0) is 9.53 Å². The lowest BCUT2D eigenvalue weighted by Crippen LogP contribution is -2.51. The first-order valence-corrected chi connectivity index (χ1v) is 7.98. The molecule has 1 aliphatic rings. The van der Waals surface area contributed by atoms with Gasteiger partial charge >= 0.3 is 0 Å². The molecule has 6 heteroatoms. The molecule has 1 unspecified atom stereocenters. The van der Waals surface area contributed by atoms with Gasteiger partial charge in [-0.1, -0.05) is 6.92 Å². The summed E-state index contributed by atoms with van der Waals surface area (Å²) in [6.45, 7) is 5.69. The lowest BCUT2D eigenvalue weighted by atomic mass is 9.88. The smallest absolute Gasteiger partial charge is 0.225 e. The summed E-state index contributed by atoms with van der Waals surface area (Å²) in [5.41, 5.74) is 0. The summed E-state index contributed by atoms with van der Waals surface area (Å²) in [7, 11) is 1.62. The summed E-state index contributed by atoms with van der Waals surface area (Å²) in [5.74, 6) is 0.847. The number of ether oxygens (including phenoxy) is 2. The van der Waals surface area contributed by atoms with Gasteiger partial charge in [-0.3, -0.25) is 4.79 Å². The van der Waals surface area contributed by atoms with Gasteiger partial charge in [-0.05, 0) is 43.3 Å². The van der Waals surface area contributed by atoms with Gasteiger partial charge in [0.05, 0.1) is 13.2 Å². The van der Waals surface area contributed by atoms with Crippen LogP contribution in [0.2, 0.25) is 0 Å². The second-order valence-corrected chi connectivity index (χ2v) is 5.83. The lowest BCUT2D eigenvalue weighted by Gasteiger charge is -2.35.